The lowest BCUT2D eigenvalue weighted by molar-refractivity contribution is 0.939. The number of nitrogens with zero attached hydrogens (tertiary/aromatic N) is 4. The maximum absolute atomic E-state index is 4.71. The summed E-state index contributed by atoms with van der Waals surface area (Å²) in [5.74, 6) is 0.794. The summed E-state index contributed by atoms with van der Waals surface area (Å²) in [4.78, 5) is 4.71. The van der Waals surface area contributed by atoms with Crippen molar-refractivity contribution in [2.24, 2.45) is 0 Å². The molecule has 0 saturated carbocycles. The highest BCUT2D eigenvalue weighted by atomic mass is 32.2. The summed E-state index contributed by atoms with van der Waals surface area (Å²) < 4.78 is 3.37. The minimum absolute atomic E-state index is 0.794. The summed E-state index contributed by atoms with van der Waals surface area (Å²) in [5, 5.41) is 12.0. The number of fused-ring (bicyclic) bond motifs is 4. The predicted molar refractivity (Wildman–Crippen MR) is 104 cm³/mol. The number of thioether (sulfide) groups is 1. The molecule has 5 aromatic rings. The Balaban J connectivity index is 1.55. The highest BCUT2D eigenvalue weighted by Gasteiger charge is 2.12. The molecule has 0 atom stereocenters. The molecule has 0 spiro atoms. The van der Waals surface area contributed by atoms with Gasteiger partial charge in [0.05, 0.1) is 21.5 Å². The minimum atomic E-state index is 0.794. The number of pyridine rings is 1. The number of para-hydroxylation sites is 2. The van der Waals surface area contributed by atoms with Crippen LogP contribution in [0.2, 0.25) is 0 Å². The Hall–Kier alpha value is -2.44. The third kappa shape index (κ3) is 2.49. The van der Waals surface area contributed by atoms with Gasteiger partial charge in [-0.3, -0.25) is 4.40 Å². The van der Waals surface area contributed by atoms with Crippen LogP contribution in [0.4, 0.5) is 0 Å². The van der Waals surface area contributed by atoms with Crippen molar-refractivity contribution in [3.63, 3.8) is 0 Å². The van der Waals surface area contributed by atoms with E-state index in [2.05, 4.69) is 70.1 Å². The summed E-state index contributed by atoms with van der Waals surface area (Å²) in [7, 11) is 0. The SMILES string of the molecule is Cc1cc2nnc(SCc3nc4ccccc4s3)n2c2ccccc12. The molecule has 3 heterocycles. The van der Waals surface area contributed by atoms with Crippen LogP contribution >= 0.6 is 23.1 Å². The van der Waals surface area contributed by atoms with Gasteiger partial charge in [0.15, 0.2) is 10.8 Å². The Morgan fingerprint density at radius 3 is 2.80 bits per heavy atom. The second kappa shape index (κ2) is 5.82. The number of hydrogen-bond acceptors (Lipinski definition) is 5. The largest absolute Gasteiger partial charge is 0.270 e. The van der Waals surface area contributed by atoms with Crippen LogP contribution in [-0.4, -0.2) is 19.6 Å². The summed E-state index contributed by atoms with van der Waals surface area (Å²) in [6.45, 7) is 2.12. The van der Waals surface area contributed by atoms with Gasteiger partial charge in [0.2, 0.25) is 0 Å². The van der Waals surface area contributed by atoms with E-state index in [1.807, 2.05) is 6.07 Å². The molecule has 0 amide bonds. The van der Waals surface area contributed by atoms with E-state index in [-0.39, 0.29) is 0 Å². The van der Waals surface area contributed by atoms with E-state index in [1.165, 1.54) is 15.6 Å². The third-order valence-electron chi connectivity index (χ3n) is 4.24. The van der Waals surface area contributed by atoms with E-state index >= 15 is 0 Å². The van der Waals surface area contributed by atoms with Gasteiger partial charge >= 0.3 is 0 Å². The smallest absolute Gasteiger partial charge is 0.196 e. The van der Waals surface area contributed by atoms with Crippen LogP contribution in [0.3, 0.4) is 0 Å². The van der Waals surface area contributed by atoms with Crippen LogP contribution in [-0.2, 0) is 5.75 Å². The molecule has 0 unspecified atom stereocenters. The fraction of sp³-hybridized carbons (Fsp3) is 0.105. The quantitative estimate of drug-likeness (QED) is 0.419. The minimum Gasteiger partial charge on any atom is -0.270 e. The van der Waals surface area contributed by atoms with Crippen LogP contribution in [0, 0.1) is 6.92 Å². The molecule has 5 rings (SSSR count). The van der Waals surface area contributed by atoms with E-state index in [9.17, 15) is 0 Å². The molecule has 25 heavy (non-hydrogen) atoms. The molecule has 0 aliphatic carbocycles. The zero-order valence-electron chi connectivity index (χ0n) is 13.5. The second-order valence-corrected chi connectivity index (χ2v) is 7.94. The van der Waals surface area contributed by atoms with E-state index in [0.29, 0.717) is 0 Å². The zero-order chi connectivity index (χ0) is 16.8. The van der Waals surface area contributed by atoms with Gasteiger partial charge in [-0.1, -0.05) is 42.1 Å². The van der Waals surface area contributed by atoms with Crippen LogP contribution < -0.4 is 0 Å². The lowest BCUT2D eigenvalue weighted by atomic mass is 10.1. The average molecular weight is 362 g/mol. The van der Waals surface area contributed by atoms with Crippen molar-refractivity contribution >= 4 is 49.9 Å². The molecule has 122 valence electrons. The van der Waals surface area contributed by atoms with Crippen molar-refractivity contribution < 1.29 is 0 Å². The van der Waals surface area contributed by atoms with Gasteiger partial charge in [-0.05, 0) is 36.8 Å². The molecule has 0 saturated heterocycles. The second-order valence-electron chi connectivity index (χ2n) is 5.88. The van der Waals surface area contributed by atoms with Crippen LogP contribution in [0.15, 0.2) is 59.8 Å². The summed E-state index contributed by atoms with van der Waals surface area (Å²) in [6.07, 6.45) is 0. The van der Waals surface area contributed by atoms with Crippen molar-refractivity contribution in [3.05, 3.63) is 65.2 Å². The number of thiazole rings is 1. The average Bonchev–Trinajstić information content (AvgIpc) is 3.23. The van der Waals surface area contributed by atoms with E-state index in [4.69, 9.17) is 4.98 Å². The number of aryl methyl sites for hydroxylation is 1. The highest BCUT2D eigenvalue weighted by molar-refractivity contribution is 7.98. The molecule has 0 N–H and O–H groups in total. The Morgan fingerprint density at radius 1 is 1.04 bits per heavy atom. The van der Waals surface area contributed by atoms with Gasteiger partial charge in [-0.25, -0.2) is 4.98 Å². The summed E-state index contributed by atoms with van der Waals surface area (Å²) in [6, 6.07) is 18.7. The van der Waals surface area contributed by atoms with Crippen molar-refractivity contribution in [2.75, 3.05) is 0 Å². The molecule has 2 aromatic carbocycles. The maximum atomic E-state index is 4.71. The molecule has 3 aromatic heterocycles. The first-order valence-corrected chi connectivity index (χ1v) is 9.80. The van der Waals surface area contributed by atoms with Crippen molar-refractivity contribution in [3.8, 4) is 0 Å². The lowest BCUT2D eigenvalue weighted by Gasteiger charge is -2.06. The number of rotatable bonds is 3. The molecular weight excluding hydrogens is 348 g/mol. The fourth-order valence-corrected chi connectivity index (χ4v) is 4.99. The topological polar surface area (TPSA) is 43.1 Å². The first-order chi connectivity index (χ1) is 12.3. The number of aromatic nitrogens is 4. The van der Waals surface area contributed by atoms with Crippen molar-refractivity contribution in [1.82, 2.24) is 19.6 Å². The van der Waals surface area contributed by atoms with Crippen LogP contribution in [0.1, 0.15) is 10.6 Å². The maximum Gasteiger partial charge on any atom is 0.196 e. The molecule has 6 heteroatoms. The van der Waals surface area contributed by atoms with Crippen LogP contribution in [0.5, 0.6) is 0 Å². The normalized spacial score (nSPS) is 11.7. The molecule has 0 aliphatic heterocycles. The monoisotopic (exact) mass is 362 g/mol. The van der Waals surface area contributed by atoms with Gasteiger partial charge in [0.1, 0.15) is 5.01 Å². The lowest BCUT2D eigenvalue weighted by Crippen LogP contribution is -1.93. The summed E-state index contributed by atoms with van der Waals surface area (Å²) >= 11 is 3.42. The van der Waals surface area contributed by atoms with E-state index in [0.717, 1.165) is 32.6 Å². The molecule has 0 fully saturated rings. The zero-order valence-corrected chi connectivity index (χ0v) is 15.1. The van der Waals surface area contributed by atoms with E-state index in [1.54, 1.807) is 23.1 Å². The van der Waals surface area contributed by atoms with Gasteiger partial charge in [-0.15, -0.1) is 21.5 Å². The van der Waals surface area contributed by atoms with Gasteiger partial charge in [-0.2, -0.15) is 0 Å². The molecule has 4 nitrogen and oxygen atoms in total. The number of hydrogen-bond donors (Lipinski definition) is 0. The number of benzene rings is 2. The van der Waals surface area contributed by atoms with Gasteiger partial charge < -0.3 is 0 Å². The Bertz CT molecular complexity index is 1190. The predicted octanol–water partition coefficient (Wildman–Crippen LogP) is 5.09. The highest BCUT2D eigenvalue weighted by Crippen LogP contribution is 2.30. The Morgan fingerprint density at radius 2 is 1.88 bits per heavy atom. The molecule has 0 radical (unpaired) electrons. The van der Waals surface area contributed by atoms with Crippen LogP contribution in [0.25, 0.3) is 26.8 Å². The first-order valence-electron chi connectivity index (χ1n) is 8.00. The summed E-state index contributed by atoms with van der Waals surface area (Å²) in [5.41, 5.74) is 4.32. The third-order valence-corrected chi connectivity index (χ3v) is 6.40. The fourth-order valence-electron chi connectivity index (χ4n) is 3.08. The Labute approximate surface area is 152 Å². The van der Waals surface area contributed by atoms with E-state index < -0.39 is 0 Å². The first kappa shape index (κ1) is 14.9. The van der Waals surface area contributed by atoms with Gasteiger partial charge in [0.25, 0.3) is 0 Å². The molecular formula is C19H14N4S2. The molecule has 0 aliphatic rings. The standard InChI is InChI=1S/C19H14N4S2/c1-12-10-17-21-22-19(23(17)15-8-4-2-6-13(12)15)24-11-18-20-14-7-3-5-9-16(14)25-18/h2-10H,11H2,1H3. The van der Waals surface area contributed by atoms with Gasteiger partial charge in [0, 0.05) is 5.39 Å². The molecule has 0 bridgehead atoms. The Kier molecular flexibility index (Phi) is 3.46. The van der Waals surface area contributed by atoms with Crippen molar-refractivity contribution in [1.29, 1.82) is 0 Å². The van der Waals surface area contributed by atoms with Crippen molar-refractivity contribution in [2.45, 2.75) is 17.8 Å².